The van der Waals surface area contributed by atoms with Crippen molar-refractivity contribution < 1.29 is 13.9 Å². The Hall–Kier alpha value is -1.93. The zero-order valence-electron chi connectivity index (χ0n) is 12.0. The number of nitrogens with zero attached hydrogens (tertiary/aromatic N) is 2. The molecule has 1 amide bonds. The number of amides is 1. The number of aromatic nitrogens is 2. The maximum atomic E-state index is 11.8. The van der Waals surface area contributed by atoms with E-state index in [2.05, 4.69) is 10.4 Å². The Kier molecular flexibility index (Phi) is 4.69. The molecule has 0 aliphatic carbocycles. The van der Waals surface area contributed by atoms with Crippen molar-refractivity contribution in [3.8, 4) is 10.8 Å². The quantitative estimate of drug-likeness (QED) is 0.860. The van der Waals surface area contributed by atoms with Gasteiger partial charge in [0.1, 0.15) is 0 Å². The van der Waals surface area contributed by atoms with Crippen molar-refractivity contribution in [2.45, 2.75) is 19.4 Å². The van der Waals surface area contributed by atoms with Gasteiger partial charge in [-0.2, -0.15) is 4.68 Å². The Bertz CT molecular complexity index is 671. The standard InChI is InChI=1S/C14H17N3O4S/c18-12(15-8-10-4-6-20-9-10)3-5-17-14(19)21-13(16-17)11-2-1-7-22-11/h1-2,7,10H,3-6,8-9H2,(H,15,18)/t10-/m1/s1. The maximum absolute atomic E-state index is 11.8. The van der Waals surface area contributed by atoms with Crippen LogP contribution in [-0.2, 0) is 16.1 Å². The van der Waals surface area contributed by atoms with Crippen LogP contribution in [0.25, 0.3) is 10.8 Å². The van der Waals surface area contributed by atoms with Crippen LogP contribution in [0.4, 0.5) is 0 Å². The van der Waals surface area contributed by atoms with E-state index < -0.39 is 5.76 Å². The van der Waals surface area contributed by atoms with E-state index in [4.69, 9.17) is 9.15 Å². The molecule has 0 saturated carbocycles. The molecule has 0 bridgehead atoms. The second-order valence-electron chi connectivity index (χ2n) is 5.16. The van der Waals surface area contributed by atoms with E-state index in [1.165, 1.54) is 16.0 Å². The van der Waals surface area contributed by atoms with Gasteiger partial charge in [0, 0.05) is 25.5 Å². The fourth-order valence-electron chi connectivity index (χ4n) is 2.25. The lowest BCUT2D eigenvalue weighted by Crippen LogP contribution is -2.31. The summed E-state index contributed by atoms with van der Waals surface area (Å²) in [5.41, 5.74) is 0. The van der Waals surface area contributed by atoms with Crippen LogP contribution in [0.3, 0.4) is 0 Å². The number of thiophene rings is 1. The summed E-state index contributed by atoms with van der Waals surface area (Å²) in [7, 11) is 0. The van der Waals surface area contributed by atoms with Gasteiger partial charge in [-0.05, 0) is 17.9 Å². The first kappa shape index (κ1) is 15.0. The molecular weight excluding hydrogens is 306 g/mol. The summed E-state index contributed by atoms with van der Waals surface area (Å²) >= 11 is 1.45. The van der Waals surface area contributed by atoms with Gasteiger partial charge < -0.3 is 14.5 Å². The second kappa shape index (κ2) is 6.89. The highest BCUT2D eigenvalue weighted by Gasteiger charge is 2.17. The third-order valence-electron chi connectivity index (χ3n) is 3.50. The number of hydrogen-bond acceptors (Lipinski definition) is 6. The van der Waals surface area contributed by atoms with Crippen molar-refractivity contribution in [1.82, 2.24) is 15.1 Å². The molecule has 0 radical (unpaired) electrons. The van der Waals surface area contributed by atoms with Gasteiger partial charge in [0.05, 0.1) is 18.0 Å². The van der Waals surface area contributed by atoms with E-state index >= 15 is 0 Å². The summed E-state index contributed by atoms with van der Waals surface area (Å²) in [4.78, 5) is 24.3. The summed E-state index contributed by atoms with van der Waals surface area (Å²) in [5, 5.41) is 8.85. The first-order valence-corrected chi connectivity index (χ1v) is 8.06. The zero-order chi connectivity index (χ0) is 15.4. The third kappa shape index (κ3) is 3.63. The Balaban J connectivity index is 1.50. The first-order chi connectivity index (χ1) is 10.7. The predicted molar refractivity (Wildman–Crippen MR) is 80.6 cm³/mol. The molecule has 3 heterocycles. The van der Waals surface area contributed by atoms with Crippen LogP contribution in [0.1, 0.15) is 12.8 Å². The van der Waals surface area contributed by atoms with Crippen LogP contribution in [0.2, 0.25) is 0 Å². The molecule has 0 aromatic carbocycles. The predicted octanol–water partition coefficient (Wildman–Crippen LogP) is 1.11. The van der Waals surface area contributed by atoms with Gasteiger partial charge in [0.15, 0.2) is 0 Å². The summed E-state index contributed by atoms with van der Waals surface area (Å²) in [6.07, 6.45) is 1.18. The summed E-state index contributed by atoms with van der Waals surface area (Å²) in [6.45, 7) is 2.29. The number of carbonyl (C=O) groups is 1. The van der Waals surface area contributed by atoms with Crippen LogP contribution >= 0.6 is 11.3 Å². The number of hydrogen-bond donors (Lipinski definition) is 1. The van der Waals surface area contributed by atoms with Gasteiger partial charge >= 0.3 is 5.76 Å². The van der Waals surface area contributed by atoms with Crippen molar-refractivity contribution in [3.63, 3.8) is 0 Å². The molecule has 1 atom stereocenters. The van der Waals surface area contributed by atoms with Gasteiger partial charge in [-0.15, -0.1) is 16.4 Å². The minimum atomic E-state index is -0.541. The minimum absolute atomic E-state index is 0.0977. The smallest absolute Gasteiger partial charge is 0.387 e. The third-order valence-corrected chi connectivity index (χ3v) is 4.36. The molecule has 2 aromatic heterocycles. The van der Waals surface area contributed by atoms with Crippen molar-refractivity contribution in [2.24, 2.45) is 5.92 Å². The SMILES string of the molecule is O=C(CCn1nc(-c2cccs2)oc1=O)NC[C@H]1CCOC1. The number of carbonyl (C=O) groups excluding carboxylic acids is 1. The maximum Gasteiger partial charge on any atom is 0.437 e. The molecular formula is C14H17N3O4S. The molecule has 8 heteroatoms. The van der Waals surface area contributed by atoms with Gasteiger partial charge in [0.25, 0.3) is 5.89 Å². The zero-order valence-corrected chi connectivity index (χ0v) is 12.8. The Labute approximate surface area is 130 Å². The van der Waals surface area contributed by atoms with Crippen LogP contribution in [0.15, 0.2) is 26.7 Å². The highest BCUT2D eigenvalue weighted by Crippen LogP contribution is 2.21. The van der Waals surface area contributed by atoms with Crippen molar-refractivity contribution in [2.75, 3.05) is 19.8 Å². The van der Waals surface area contributed by atoms with Gasteiger partial charge in [-0.25, -0.2) is 4.79 Å². The van der Waals surface area contributed by atoms with Crippen molar-refractivity contribution in [1.29, 1.82) is 0 Å². The molecule has 3 rings (SSSR count). The number of nitrogens with one attached hydrogen (secondary N) is 1. The normalized spacial score (nSPS) is 17.7. The van der Waals surface area contributed by atoms with E-state index in [9.17, 15) is 9.59 Å². The molecule has 1 fully saturated rings. The molecule has 1 aliphatic rings. The lowest BCUT2D eigenvalue weighted by atomic mass is 10.1. The number of aryl methyl sites for hydroxylation is 1. The molecule has 1 saturated heterocycles. The summed E-state index contributed by atoms with van der Waals surface area (Å²) in [5.74, 6) is 0.0486. The van der Waals surface area contributed by atoms with Gasteiger partial charge in [-0.1, -0.05) is 6.07 Å². The van der Waals surface area contributed by atoms with Crippen molar-refractivity contribution in [3.05, 3.63) is 28.1 Å². The monoisotopic (exact) mass is 323 g/mol. The average Bonchev–Trinajstić information content (AvgIpc) is 3.24. The second-order valence-corrected chi connectivity index (χ2v) is 6.10. The van der Waals surface area contributed by atoms with E-state index in [-0.39, 0.29) is 18.9 Å². The molecule has 0 unspecified atom stereocenters. The van der Waals surface area contributed by atoms with E-state index in [0.29, 0.717) is 25.0 Å². The van der Waals surface area contributed by atoms with Crippen LogP contribution in [-0.4, -0.2) is 35.4 Å². The Morgan fingerprint density at radius 1 is 1.55 bits per heavy atom. The van der Waals surface area contributed by atoms with E-state index in [1.54, 1.807) is 0 Å². The number of rotatable bonds is 6. The number of ether oxygens (including phenoxy) is 1. The van der Waals surface area contributed by atoms with Crippen molar-refractivity contribution >= 4 is 17.2 Å². The molecule has 1 N–H and O–H groups in total. The van der Waals surface area contributed by atoms with Crippen LogP contribution in [0, 0.1) is 5.92 Å². The minimum Gasteiger partial charge on any atom is -0.387 e. The molecule has 7 nitrogen and oxygen atoms in total. The van der Waals surface area contributed by atoms with Gasteiger partial charge in [0.2, 0.25) is 5.91 Å². The summed E-state index contributed by atoms with van der Waals surface area (Å²) < 4.78 is 11.5. The van der Waals surface area contributed by atoms with Crippen LogP contribution in [0.5, 0.6) is 0 Å². The highest BCUT2D eigenvalue weighted by molar-refractivity contribution is 7.13. The van der Waals surface area contributed by atoms with Crippen LogP contribution < -0.4 is 11.1 Å². The highest BCUT2D eigenvalue weighted by atomic mass is 32.1. The molecule has 0 spiro atoms. The topological polar surface area (TPSA) is 86.4 Å². The fraction of sp³-hybridized carbons (Fsp3) is 0.500. The molecule has 2 aromatic rings. The summed E-state index contributed by atoms with van der Waals surface area (Å²) in [6, 6.07) is 3.69. The first-order valence-electron chi connectivity index (χ1n) is 7.18. The van der Waals surface area contributed by atoms with E-state index in [1.807, 2.05) is 17.5 Å². The molecule has 22 heavy (non-hydrogen) atoms. The Morgan fingerprint density at radius 2 is 2.45 bits per heavy atom. The lowest BCUT2D eigenvalue weighted by molar-refractivity contribution is -0.121. The molecule has 1 aliphatic heterocycles. The fourth-order valence-corrected chi connectivity index (χ4v) is 2.89. The largest absolute Gasteiger partial charge is 0.437 e. The lowest BCUT2D eigenvalue weighted by Gasteiger charge is -2.08. The van der Waals surface area contributed by atoms with E-state index in [0.717, 1.165) is 17.9 Å². The molecule has 118 valence electrons. The van der Waals surface area contributed by atoms with Gasteiger partial charge in [-0.3, -0.25) is 4.79 Å². The average molecular weight is 323 g/mol. The Morgan fingerprint density at radius 3 is 3.18 bits per heavy atom.